The molecule has 0 radical (unpaired) electrons. The summed E-state index contributed by atoms with van der Waals surface area (Å²) in [5.41, 5.74) is 7.34. The van der Waals surface area contributed by atoms with E-state index in [1.165, 1.54) is 115 Å². The number of hydrogen-bond donors (Lipinski definition) is 2. The van der Waals surface area contributed by atoms with Crippen LogP contribution in [0.4, 0.5) is 10.2 Å². The van der Waals surface area contributed by atoms with Gasteiger partial charge in [0.15, 0.2) is 5.82 Å². The summed E-state index contributed by atoms with van der Waals surface area (Å²) >= 11 is 0. The smallest absolute Gasteiger partial charge is 0.382 e. The molecule has 0 bridgehead atoms. The first-order valence-electron chi connectivity index (χ1n) is 20.1. The van der Waals surface area contributed by atoms with Crippen molar-refractivity contribution in [3.8, 4) is 6.07 Å². The highest BCUT2D eigenvalue weighted by atomic mass is 31.2. The second-order valence-electron chi connectivity index (χ2n) is 14.8. The van der Waals surface area contributed by atoms with Gasteiger partial charge in [0.1, 0.15) is 17.7 Å². The molecule has 3 atom stereocenters. The van der Waals surface area contributed by atoms with Gasteiger partial charge in [-0.3, -0.25) is 9.05 Å². The van der Waals surface area contributed by atoms with Crippen LogP contribution in [-0.2, 0) is 36.1 Å². The number of nitrogens with two attached hydrogens (primary N) is 1. The van der Waals surface area contributed by atoms with Crippen LogP contribution >= 0.6 is 7.82 Å². The second-order valence-corrected chi connectivity index (χ2v) is 16.3. The Morgan fingerprint density at radius 1 is 0.944 bits per heavy atom. The first-order chi connectivity index (χ1) is 26.1. The summed E-state index contributed by atoms with van der Waals surface area (Å²) in [7, 11) is -2.96. The molecule has 3 aromatic rings. The lowest BCUT2D eigenvalue weighted by atomic mass is 10.00. The van der Waals surface area contributed by atoms with E-state index in [2.05, 4.69) is 17.0 Å². The minimum Gasteiger partial charge on any atom is -0.382 e. The molecule has 0 saturated heterocycles. The van der Waals surface area contributed by atoms with Crippen molar-refractivity contribution < 1.29 is 32.4 Å². The van der Waals surface area contributed by atoms with E-state index in [9.17, 15) is 19.1 Å². The van der Waals surface area contributed by atoms with Crippen molar-refractivity contribution in [1.82, 2.24) is 14.6 Å². The molecule has 11 nitrogen and oxygen atoms in total. The normalized spacial score (nSPS) is 14.5. The number of phosphoric ester groups is 1. The summed E-state index contributed by atoms with van der Waals surface area (Å²) in [6.45, 7) is 3.71. The number of rotatable bonds is 31. The molecule has 0 aliphatic rings. The van der Waals surface area contributed by atoms with E-state index >= 15 is 0 Å². The highest BCUT2D eigenvalue weighted by Crippen LogP contribution is 2.45. The lowest BCUT2D eigenvalue weighted by Crippen LogP contribution is -2.34. The Labute approximate surface area is 322 Å². The Balaban J connectivity index is 1.40. The number of hydrogen-bond acceptors (Lipinski definition) is 9. The van der Waals surface area contributed by atoms with Crippen molar-refractivity contribution in [3.63, 3.8) is 0 Å². The first-order valence-corrected chi connectivity index (χ1v) is 21.6. The van der Waals surface area contributed by atoms with Gasteiger partial charge in [0.05, 0.1) is 43.2 Å². The second kappa shape index (κ2) is 25.3. The van der Waals surface area contributed by atoms with Crippen molar-refractivity contribution in [2.45, 2.75) is 161 Å². The van der Waals surface area contributed by atoms with E-state index in [4.69, 9.17) is 24.3 Å². The number of methoxy groups -OCH3 is 1. The molecule has 0 amide bonds. The molecule has 13 heteroatoms. The van der Waals surface area contributed by atoms with Crippen LogP contribution in [0.1, 0.15) is 153 Å². The van der Waals surface area contributed by atoms with E-state index in [-0.39, 0.29) is 25.4 Å². The van der Waals surface area contributed by atoms with Gasteiger partial charge >= 0.3 is 7.82 Å². The van der Waals surface area contributed by atoms with Gasteiger partial charge in [0.2, 0.25) is 0 Å². The molecule has 302 valence electrons. The Kier molecular flexibility index (Phi) is 21.3. The third-order valence-electron chi connectivity index (χ3n) is 10.1. The van der Waals surface area contributed by atoms with Gasteiger partial charge in [-0.05, 0) is 62.1 Å². The zero-order valence-electron chi connectivity index (χ0n) is 33.0. The standard InChI is InChI=1S/C41H65FN5O6P/c1-4-5-6-7-8-9-10-11-12-13-14-15-16-17-18-19-20-21-38(51-30-35-26-34(29-43)27-36(42)28-35)31-52-54(48,49)53-32-41(2,50-3)25-24-37-22-23-39-40(44)45-33-46-47(37)39/h22-23,26-28,33,38H,4-21,24-25,30-32H2,1-3H3,(H,48,49)(H2,44,45,46)/t38-,41-/m0/s1. The predicted octanol–water partition coefficient (Wildman–Crippen LogP) is 10.4. The van der Waals surface area contributed by atoms with Crippen LogP contribution in [0, 0.1) is 17.1 Å². The number of phosphoric acid groups is 1. The topological polar surface area (TPSA) is 154 Å². The van der Waals surface area contributed by atoms with Crippen molar-refractivity contribution in [3.05, 3.63) is 59.3 Å². The molecule has 0 spiro atoms. The molecule has 0 fully saturated rings. The zero-order chi connectivity index (χ0) is 39.1. The maximum atomic E-state index is 14.1. The van der Waals surface area contributed by atoms with E-state index in [1.54, 1.807) is 17.5 Å². The van der Waals surface area contributed by atoms with Gasteiger partial charge in [-0.25, -0.2) is 18.5 Å². The molecule has 1 aromatic carbocycles. The lowest BCUT2D eigenvalue weighted by molar-refractivity contribution is -0.0495. The number of ether oxygens (including phenoxy) is 2. The summed E-state index contributed by atoms with van der Waals surface area (Å²) in [5.74, 6) is -0.145. The molecule has 1 unspecified atom stereocenters. The van der Waals surface area contributed by atoms with Crippen LogP contribution in [0.15, 0.2) is 36.7 Å². The van der Waals surface area contributed by atoms with E-state index in [0.29, 0.717) is 36.2 Å². The Bertz CT molecular complexity index is 1590. The maximum Gasteiger partial charge on any atom is 0.472 e. The van der Waals surface area contributed by atoms with Gasteiger partial charge in [0, 0.05) is 12.8 Å². The third kappa shape index (κ3) is 17.7. The molecular weight excluding hydrogens is 708 g/mol. The summed E-state index contributed by atoms with van der Waals surface area (Å²) in [6, 6.07) is 9.76. The summed E-state index contributed by atoms with van der Waals surface area (Å²) in [4.78, 5) is 14.7. The molecule has 2 heterocycles. The number of fused-ring (bicyclic) bond motifs is 1. The maximum absolute atomic E-state index is 14.1. The fourth-order valence-electron chi connectivity index (χ4n) is 6.58. The SMILES string of the molecule is CCCCCCCCCCCCCCCCCCC[C@@H](COP(=O)(O)OC[C@](C)(CCc1ccc2c(N)ncnn12)OC)OCc1cc(F)cc(C#N)c1. The van der Waals surface area contributed by atoms with Gasteiger partial charge in [0.25, 0.3) is 0 Å². The van der Waals surface area contributed by atoms with Crippen LogP contribution in [0.2, 0.25) is 0 Å². The number of aromatic nitrogens is 3. The van der Waals surface area contributed by atoms with Gasteiger partial charge < -0.3 is 20.1 Å². The number of benzene rings is 1. The first kappa shape index (κ1) is 45.5. The van der Waals surface area contributed by atoms with Gasteiger partial charge in [-0.1, -0.05) is 116 Å². The number of anilines is 1. The fraction of sp³-hybridized carbons (Fsp3) is 0.683. The molecule has 0 aliphatic carbocycles. The highest BCUT2D eigenvalue weighted by molar-refractivity contribution is 7.47. The van der Waals surface area contributed by atoms with Crippen LogP contribution in [0.5, 0.6) is 0 Å². The number of aryl methyl sites for hydroxylation is 1. The van der Waals surface area contributed by atoms with Crippen LogP contribution < -0.4 is 5.73 Å². The van der Waals surface area contributed by atoms with Crippen LogP contribution in [0.3, 0.4) is 0 Å². The molecule has 54 heavy (non-hydrogen) atoms. The zero-order valence-corrected chi connectivity index (χ0v) is 33.9. The number of nitriles is 1. The Hall–Kier alpha value is -2.91. The molecule has 2 aromatic heterocycles. The summed E-state index contributed by atoms with van der Waals surface area (Å²) in [5, 5.41) is 13.5. The van der Waals surface area contributed by atoms with Crippen LogP contribution in [0.25, 0.3) is 5.52 Å². The predicted molar refractivity (Wildman–Crippen MR) is 211 cm³/mol. The number of unbranched alkanes of at least 4 members (excludes halogenated alkanes) is 16. The monoisotopic (exact) mass is 773 g/mol. The fourth-order valence-corrected chi connectivity index (χ4v) is 7.44. The highest BCUT2D eigenvalue weighted by Gasteiger charge is 2.31. The van der Waals surface area contributed by atoms with Crippen LogP contribution in [-0.4, -0.2) is 51.5 Å². The lowest BCUT2D eigenvalue weighted by Gasteiger charge is -2.29. The van der Waals surface area contributed by atoms with E-state index < -0.39 is 25.3 Å². The van der Waals surface area contributed by atoms with E-state index in [1.807, 2.05) is 18.2 Å². The van der Waals surface area contributed by atoms with E-state index in [0.717, 1.165) is 25.0 Å². The number of nitrogens with zero attached hydrogens (tertiary/aromatic N) is 4. The molecule has 3 N–H and O–H groups in total. The molecule has 0 aliphatic heterocycles. The van der Waals surface area contributed by atoms with Crippen molar-refractivity contribution >= 4 is 19.2 Å². The molecule has 3 rings (SSSR count). The van der Waals surface area contributed by atoms with Gasteiger partial charge in [-0.2, -0.15) is 10.4 Å². The molecular formula is C41H65FN5O6P. The largest absolute Gasteiger partial charge is 0.472 e. The van der Waals surface area contributed by atoms with Crippen molar-refractivity contribution in [2.24, 2.45) is 0 Å². The minimum absolute atomic E-state index is 0.0305. The average molecular weight is 774 g/mol. The Morgan fingerprint density at radius 3 is 2.15 bits per heavy atom. The summed E-state index contributed by atoms with van der Waals surface area (Å²) in [6.07, 6.45) is 24.1. The Morgan fingerprint density at radius 2 is 1.56 bits per heavy atom. The third-order valence-corrected chi connectivity index (χ3v) is 11.1. The number of halogens is 1. The minimum atomic E-state index is -4.48. The molecule has 0 saturated carbocycles. The van der Waals surface area contributed by atoms with Crippen molar-refractivity contribution in [2.75, 3.05) is 26.1 Å². The quantitative estimate of drug-likeness (QED) is 0.0477. The summed E-state index contributed by atoms with van der Waals surface area (Å²) < 4.78 is 51.4. The van der Waals surface area contributed by atoms with Gasteiger partial charge in [-0.15, -0.1) is 0 Å². The average Bonchev–Trinajstić information content (AvgIpc) is 3.59. The van der Waals surface area contributed by atoms with Crippen molar-refractivity contribution in [1.29, 1.82) is 5.26 Å². The number of nitrogen functional groups attached to an aromatic ring is 1.